The maximum atomic E-state index is 6.59. The number of fused-ring (bicyclic) bond motifs is 6. The molecule has 0 aliphatic carbocycles. The first-order valence-corrected chi connectivity index (χ1v) is 13.6. The van der Waals surface area contributed by atoms with Crippen LogP contribution in [0.25, 0.3) is 77.0 Å². The van der Waals surface area contributed by atoms with Gasteiger partial charge in [0.05, 0.1) is 5.69 Å². The van der Waals surface area contributed by atoms with Crippen LogP contribution in [-0.4, -0.2) is 4.98 Å². The molecule has 0 bridgehead atoms. The van der Waals surface area contributed by atoms with E-state index in [9.17, 15) is 0 Å². The first kappa shape index (κ1) is 22.7. The van der Waals surface area contributed by atoms with Gasteiger partial charge in [0.15, 0.2) is 0 Å². The predicted octanol–water partition coefficient (Wildman–Crippen LogP) is 10.6. The molecule has 0 aliphatic rings. The second-order valence-electron chi connectivity index (χ2n) is 10.5. The molecule has 2 aromatic heterocycles. The third kappa shape index (κ3) is 3.61. The lowest BCUT2D eigenvalue weighted by Crippen LogP contribution is -1.89. The molecule has 40 heavy (non-hydrogen) atoms. The quantitative estimate of drug-likeness (QED) is 0.236. The van der Waals surface area contributed by atoms with Crippen molar-refractivity contribution in [3.63, 3.8) is 0 Å². The zero-order valence-electron chi connectivity index (χ0n) is 22.1. The number of rotatable bonds is 3. The van der Waals surface area contributed by atoms with E-state index in [4.69, 9.17) is 9.40 Å². The van der Waals surface area contributed by atoms with Crippen LogP contribution in [0.5, 0.6) is 0 Å². The Morgan fingerprint density at radius 3 is 2.20 bits per heavy atom. The molecule has 6 aromatic carbocycles. The molecular weight excluding hydrogens is 486 g/mol. The highest BCUT2D eigenvalue weighted by Crippen LogP contribution is 2.39. The van der Waals surface area contributed by atoms with Crippen molar-refractivity contribution in [2.75, 3.05) is 0 Å². The lowest BCUT2D eigenvalue weighted by Gasteiger charge is -2.12. The third-order valence-corrected chi connectivity index (χ3v) is 8.03. The Bertz CT molecular complexity index is 2220. The fraction of sp³-hybridized carbons (Fsp3) is 0.0263. The molecule has 0 radical (unpaired) electrons. The van der Waals surface area contributed by atoms with Crippen LogP contribution >= 0.6 is 0 Å². The van der Waals surface area contributed by atoms with Crippen LogP contribution in [-0.2, 0) is 0 Å². The molecule has 0 fully saturated rings. The molecule has 0 spiro atoms. The van der Waals surface area contributed by atoms with Crippen LogP contribution in [0.4, 0.5) is 0 Å². The molecule has 0 saturated heterocycles. The Morgan fingerprint density at radius 2 is 1.27 bits per heavy atom. The van der Waals surface area contributed by atoms with Gasteiger partial charge in [-0.2, -0.15) is 0 Å². The number of benzene rings is 6. The minimum Gasteiger partial charge on any atom is -0.455 e. The number of hydrogen-bond donors (Lipinski definition) is 0. The highest BCUT2D eigenvalue weighted by molar-refractivity contribution is 6.17. The average molecular weight is 512 g/mol. The summed E-state index contributed by atoms with van der Waals surface area (Å²) in [6.45, 7) is 2.19. The van der Waals surface area contributed by atoms with E-state index in [-0.39, 0.29) is 0 Å². The predicted molar refractivity (Wildman–Crippen MR) is 168 cm³/mol. The number of pyridine rings is 1. The van der Waals surface area contributed by atoms with E-state index in [1.54, 1.807) is 0 Å². The summed E-state index contributed by atoms with van der Waals surface area (Å²) < 4.78 is 6.59. The van der Waals surface area contributed by atoms with Gasteiger partial charge in [0.2, 0.25) is 0 Å². The number of hydrogen-bond acceptors (Lipinski definition) is 2. The van der Waals surface area contributed by atoms with Crippen LogP contribution in [0.2, 0.25) is 0 Å². The minimum atomic E-state index is 0.877. The van der Waals surface area contributed by atoms with Crippen molar-refractivity contribution in [2.45, 2.75) is 6.92 Å². The van der Waals surface area contributed by atoms with Gasteiger partial charge in [-0.15, -0.1) is 0 Å². The number of furan rings is 1. The standard InChI is InChI=1S/C38H25NO/c1-24-20-30-21-27(25-8-3-2-4-9-25)14-15-28(30)22-35(24)29-18-19-39-36(23-29)34-13-7-12-32-33-17-16-26-10-5-6-11-31(26)37(33)40-38(32)34/h2-23H,1H3. The minimum absolute atomic E-state index is 0.877. The highest BCUT2D eigenvalue weighted by atomic mass is 16.3. The van der Waals surface area contributed by atoms with Crippen LogP contribution in [0.15, 0.2) is 138 Å². The summed E-state index contributed by atoms with van der Waals surface area (Å²) in [6, 6.07) is 45.2. The molecule has 2 heteroatoms. The van der Waals surface area contributed by atoms with Gasteiger partial charge in [-0.25, -0.2) is 0 Å². The van der Waals surface area contributed by atoms with Gasteiger partial charge in [0.25, 0.3) is 0 Å². The summed E-state index contributed by atoms with van der Waals surface area (Å²) in [5.74, 6) is 0. The fourth-order valence-corrected chi connectivity index (χ4v) is 6.01. The topological polar surface area (TPSA) is 26.0 Å². The van der Waals surface area contributed by atoms with Crippen LogP contribution in [0.3, 0.4) is 0 Å². The maximum Gasteiger partial charge on any atom is 0.144 e. The average Bonchev–Trinajstić information content (AvgIpc) is 3.40. The summed E-state index contributed by atoms with van der Waals surface area (Å²) in [5, 5.41) is 7.03. The Hall–Kier alpha value is -5.21. The molecule has 8 rings (SSSR count). The SMILES string of the molecule is Cc1cc2cc(-c3ccccc3)ccc2cc1-c1ccnc(-c2cccc3c2oc2c4ccccc4ccc32)c1. The largest absolute Gasteiger partial charge is 0.455 e. The van der Waals surface area contributed by atoms with Gasteiger partial charge in [-0.05, 0) is 87.3 Å². The second kappa shape index (κ2) is 8.93. The van der Waals surface area contributed by atoms with Crippen molar-refractivity contribution >= 4 is 43.5 Å². The summed E-state index contributed by atoms with van der Waals surface area (Å²) in [6.07, 6.45) is 1.91. The first-order valence-electron chi connectivity index (χ1n) is 13.6. The molecule has 0 unspecified atom stereocenters. The lowest BCUT2D eigenvalue weighted by molar-refractivity contribution is 0.673. The smallest absolute Gasteiger partial charge is 0.144 e. The van der Waals surface area contributed by atoms with Crippen molar-refractivity contribution in [1.82, 2.24) is 4.98 Å². The van der Waals surface area contributed by atoms with E-state index in [2.05, 4.69) is 134 Å². The van der Waals surface area contributed by atoms with Crippen molar-refractivity contribution < 1.29 is 4.42 Å². The van der Waals surface area contributed by atoms with Crippen molar-refractivity contribution in [1.29, 1.82) is 0 Å². The van der Waals surface area contributed by atoms with Gasteiger partial charge >= 0.3 is 0 Å². The maximum absolute atomic E-state index is 6.59. The molecule has 2 nitrogen and oxygen atoms in total. The van der Waals surface area contributed by atoms with Gasteiger partial charge in [0.1, 0.15) is 11.2 Å². The van der Waals surface area contributed by atoms with Crippen molar-refractivity contribution in [3.05, 3.63) is 139 Å². The fourth-order valence-electron chi connectivity index (χ4n) is 6.01. The van der Waals surface area contributed by atoms with E-state index in [1.165, 1.54) is 38.4 Å². The summed E-state index contributed by atoms with van der Waals surface area (Å²) in [4.78, 5) is 4.79. The van der Waals surface area contributed by atoms with E-state index >= 15 is 0 Å². The summed E-state index contributed by atoms with van der Waals surface area (Å²) in [5.41, 5.74) is 9.79. The molecule has 188 valence electrons. The number of nitrogens with zero attached hydrogens (tertiary/aromatic N) is 1. The summed E-state index contributed by atoms with van der Waals surface area (Å²) in [7, 11) is 0. The van der Waals surface area contributed by atoms with Gasteiger partial charge in [-0.1, -0.05) is 91.0 Å². The van der Waals surface area contributed by atoms with E-state index in [1.807, 2.05) is 6.20 Å². The molecule has 2 heterocycles. The van der Waals surface area contributed by atoms with Crippen LogP contribution < -0.4 is 0 Å². The second-order valence-corrected chi connectivity index (χ2v) is 10.5. The monoisotopic (exact) mass is 511 g/mol. The Balaban J connectivity index is 1.25. The van der Waals surface area contributed by atoms with Gasteiger partial charge in [0, 0.05) is 27.9 Å². The highest BCUT2D eigenvalue weighted by Gasteiger charge is 2.16. The van der Waals surface area contributed by atoms with E-state index in [0.717, 1.165) is 44.1 Å². The molecule has 0 atom stereocenters. The molecular formula is C38H25NO. The summed E-state index contributed by atoms with van der Waals surface area (Å²) >= 11 is 0. The van der Waals surface area contributed by atoms with E-state index in [0.29, 0.717) is 0 Å². The third-order valence-electron chi connectivity index (χ3n) is 8.03. The Labute approximate surface area is 232 Å². The lowest BCUT2D eigenvalue weighted by atomic mass is 9.94. The van der Waals surface area contributed by atoms with Crippen molar-refractivity contribution in [3.8, 4) is 33.5 Å². The normalized spacial score (nSPS) is 11.6. The molecule has 0 amide bonds. The zero-order valence-corrected chi connectivity index (χ0v) is 22.1. The van der Waals surface area contributed by atoms with Crippen LogP contribution in [0, 0.1) is 6.92 Å². The first-order chi connectivity index (χ1) is 19.7. The van der Waals surface area contributed by atoms with Crippen LogP contribution in [0.1, 0.15) is 5.56 Å². The molecule has 8 aromatic rings. The number of aromatic nitrogens is 1. The van der Waals surface area contributed by atoms with Gasteiger partial charge < -0.3 is 4.42 Å². The Kier molecular flexibility index (Phi) is 5.08. The Morgan fingerprint density at radius 1 is 0.475 bits per heavy atom. The number of aryl methyl sites for hydroxylation is 1. The molecule has 0 aliphatic heterocycles. The zero-order chi connectivity index (χ0) is 26.6. The van der Waals surface area contributed by atoms with Gasteiger partial charge in [-0.3, -0.25) is 4.98 Å². The molecule has 0 N–H and O–H groups in total. The number of para-hydroxylation sites is 1. The van der Waals surface area contributed by atoms with Crippen molar-refractivity contribution in [2.24, 2.45) is 0 Å². The molecule has 0 saturated carbocycles. The van der Waals surface area contributed by atoms with E-state index < -0.39 is 0 Å².